The molecule has 0 unspecified atom stereocenters. The van der Waals surface area contributed by atoms with E-state index in [1.54, 1.807) is 42.5 Å². The van der Waals surface area contributed by atoms with Crippen LogP contribution in [0.4, 0.5) is 5.69 Å². The summed E-state index contributed by atoms with van der Waals surface area (Å²) in [5.74, 6) is -0.0126. The van der Waals surface area contributed by atoms with Gasteiger partial charge in [0.2, 0.25) is 6.41 Å². The Morgan fingerprint density at radius 3 is 2.33 bits per heavy atom. The second-order valence-corrected chi connectivity index (χ2v) is 5.80. The summed E-state index contributed by atoms with van der Waals surface area (Å²) in [5, 5.41) is 5.27. The molecule has 0 radical (unpaired) electrons. The summed E-state index contributed by atoms with van der Waals surface area (Å²) in [6.45, 7) is 0.288. The van der Waals surface area contributed by atoms with Crippen molar-refractivity contribution >= 4 is 41.9 Å². The molecule has 0 bridgehead atoms. The first-order chi connectivity index (χ1) is 14.0. The molecule has 0 saturated heterocycles. The zero-order chi connectivity index (χ0) is 21.6. The Balaban J connectivity index is 0.000000719. The van der Waals surface area contributed by atoms with E-state index in [0.717, 1.165) is 0 Å². The van der Waals surface area contributed by atoms with Crippen LogP contribution >= 0.6 is 11.6 Å². The van der Waals surface area contributed by atoms with Gasteiger partial charge in [-0.3, -0.25) is 14.4 Å². The molecular weight excluding hydrogens is 657 g/mol. The van der Waals surface area contributed by atoms with E-state index in [0.29, 0.717) is 34.0 Å². The van der Waals surface area contributed by atoms with Crippen LogP contribution in [0.1, 0.15) is 22.3 Å². The van der Waals surface area contributed by atoms with Crippen LogP contribution in [0.25, 0.3) is 0 Å². The van der Waals surface area contributed by atoms with Crippen LogP contribution in [0.5, 0.6) is 5.75 Å². The molecule has 2 aromatic carbocycles. The Bertz CT molecular complexity index is 846. The Labute approximate surface area is 173 Å². The Morgan fingerprint density at radius 1 is 1.13 bits per heavy atom. The minimum absolute atomic E-state index is 0. The van der Waals surface area contributed by atoms with Crippen molar-refractivity contribution in [3.8, 4) is 5.75 Å². The van der Waals surface area contributed by atoms with Crippen LogP contribution in [0, 0.1) is 0 Å². The molecule has 2 N–H and O–H groups in total. The van der Waals surface area contributed by atoms with Gasteiger partial charge in [-0.25, -0.2) is 0 Å². The van der Waals surface area contributed by atoms with Crippen LogP contribution in [0.15, 0.2) is 42.5 Å². The van der Waals surface area contributed by atoms with Gasteiger partial charge < -0.3 is 24.9 Å². The van der Waals surface area contributed by atoms with Crippen molar-refractivity contribution in [2.24, 2.45) is 0 Å². The largest absolute Gasteiger partial charge is 0.529 e. The predicted octanol–water partition coefficient (Wildman–Crippen LogP) is 2.35. The third-order valence-corrected chi connectivity index (χ3v) is 3.80. The summed E-state index contributed by atoms with van der Waals surface area (Å²) in [6, 6.07) is 11.4. The summed E-state index contributed by atoms with van der Waals surface area (Å²) in [6.07, 6.45) is 2.17. The molecule has 0 aliphatic carbocycles. The van der Waals surface area contributed by atoms with Crippen molar-refractivity contribution in [1.82, 2.24) is 5.32 Å². The third-order valence-electron chi connectivity index (χ3n) is 3.55. The maximum atomic E-state index is 12.5. The SMILES string of the molecule is COC(=O)CCN[C-]=O.COc1ccc(NC=O)c(C(=O)c2ccc(Cl)cc2)c1.[Fm]. The van der Waals surface area contributed by atoms with Crippen molar-refractivity contribution < 1.29 is 28.7 Å². The first kappa shape index (κ1) is 25.6. The van der Waals surface area contributed by atoms with Crippen LogP contribution in [0.2, 0.25) is 5.02 Å². The predicted molar refractivity (Wildman–Crippen MR) is 108 cm³/mol. The molecule has 0 saturated carbocycles. The molecule has 2 amide bonds. The van der Waals surface area contributed by atoms with E-state index in [4.69, 9.17) is 16.3 Å². The number of rotatable bonds is 9. The molecule has 0 fully saturated rings. The number of anilines is 1. The molecule has 10 heteroatoms. The van der Waals surface area contributed by atoms with E-state index in [9.17, 15) is 19.2 Å². The number of benzene rings is 2. The number of carbonyl (C=O) groups excluding carboxylic acids is 4. The van der Waals surface area contributed by atoms with Gasteiger partial charge in [-0.2, -0.15) is 6.41 Å². The molecular formula is C20H20ClFmN2O6-. The number of ether oxygens (including phenoxy) is 2. The van der Waals surface area contributed by atoms with Crippen molar-refractivity contribution in [2.75, 3.05) is 26.1 Å². The van der Waals surface area contributed by atoms with Gasteiger partial charge in [-0.15, -0.1) is 0 Å². The van der Waals surface area contributed by atoms with Gasteiger partial charge in [0.25, 0.3) is 0 Å². The summed E-state index contributed by atoms with van der Waals surface area (Å²) < 4.78 is 9.39. The van der Waals surface area contributed by atoms with Crippen LogP contribution in [-0.2, 0) is 19.1 Å². The molecule has 0 spiro atoms. The summed E-state index contributed by atoms with van der Waals surface area (Å²) in [5.41, 5.74) is 1.27. The maximum absolute atomic E-state index is 12.5. The number of hydrogen-bond donors (Lipinski definition) is 2. The molecule has 2 aromatic rings. The fourth-order valence-corrected chi connectivity index (χ4v) is 2.23. The number of amides is 2. The van der Waals surface area contributed by atoms with E-state index in [2.05, 4.69) is 15.4 Å². The van der Waals surface area contributed by atoms with E-state index in [1.807, 2.05) is 0 Å². The maximum Gasteiger partial charge on any atom is 0.307 e. The molecule has 0 aliphatic rings. The van der Waals surface area contributed by atoms with Crippen LogP contribution in [-0.4, -0.2) is 45.3 Å². The molecule has 0 aliphatic heterocycles. The molecule has 2 rings (SSSR count). The minimum atomic E-state index is -0.335. The van der Waals surface area contributed by atoms with Gasteiger partial charge in [0.05, 0.1) is 26.3 Å². The van der Waals surface area contributed by atoms with Crippen molar-refractivity contribution in [1.29, 1.82) is 0 Å². The van der Waals surface area contributed by atoms with Gasteiger partial charge in [0.1, 0.15) is 5.75 Å². The topological polar surface area (TPSA) is 111 Å². The van der Waals surface area contributed by atoms with Gasteiger partial charge >= 0.3 is 5.97 Å². The van der Waals surface area contributed by atoms with Crippen molar-refractivity contribution in [2.45, 2.75) is 6.42 Å². The van der Waals surface area contributed by atoms with Gasteiger partial charge in [0.15, 0.2) is 5.78 Å². The van der Waals surface area contributed by atoms with E-state index >= 15 is 0 Å². The standard InChI is InChI=1S/C15H12ClNO3.C5H8NO3.Fm/c1-20-12-6-7-14(17-9-18)13(8-12)15(19)10-2-4-11(16)5-3-10;1-9-5(8)2-3-6-4-7;/h2-9H,1H3,(H,17,18);2-3H2,1H3,(H,6,7);/q;-1;. The number of hydrogen-bond acceptors (Lipinski definition) is 6. The molecule has 8 nitrogen and oxygen atoms in total. The molecule has 0 aromatic heterocycles. The van der Waals surface area contributed by atoms with Crippen LogP contribution < -0.4 is 15.4 Å². The normalized spacial score (nSPS) is 9.03. The third kappa shape index (κ3) is 8.10. The number of ketones is 1. The quantitative estimate of drug-likeness (QED) is 0.105. The van der Waals surface area contributed by atoms with Gasteiger partial charge in [-0.05, 0) is 49.0 Å². The average molecular weight is 677 g/mol. The first-order valence-corrected chi connectivity index (χ1v) is 8.69. The second-order valence-electron chi connectivity index (χ2n) is 5.36. The number of halogens is 1. The molecule has 0 heterocycles. The molecule has 0 atom stereocenters. The summed E-state index contributed by atoms with van der Waals surface area (Å²) in [7, 11) is 2.81. The van der Waals surface area contributed by atoms with Gasteiger partial charge in [0, 0.05) is 16.1 Å². The summed E-state index contributed by atoms with van der Waals surface area (Å²) >= 11 is 5.80. The number of carbonyl (C=O) groups is 3. The summed E-state index contributed by atoms with van der Waals surface area (Å²) in [4.78, 5) is 42.9. The fraction of sp³-hybridized carbons (Fsp3) is 0.200. The smallest absolute Gasteiger partial charge is 0.307 e. The zero-order valence-electron chi connectivity index (χ0n) is 16.1. The average Bonchev–Trinajstić information content (AvgIpc) is 2.74. The zero-order valence-corrected chi connectivity index (χ0v) is 19.3. The van der Waals surface area contributed by atoms with E-state index in [1.165, 1.54) is 20.6 Å². The second kappa shape index (κ2) is 13.7. The van der Waals surface area contributed by atoms with Gasteiger partial charge in [-0.1, -0.05) is 11.6 Å². The Morgan fingerprint density at radius 2 is 1.80 bits per heavy atom. The monoisotopic (exact) mass is 676 g/mol. The first-order valence-electron chi connectivity index (χ1n) is 8.32. The number of esters is 1. The van der Waals surface area contributed by atoms with E-state index < -0.39 is 0 Å². The van der Waals surface area contributed by atoms with Crippen molar-refractivity contribution in [3.05, 3.63) is 58.6 Å². The van der Waals surface area contributed by atoms with E-state index in [-0.39, 0.29) is 24.7 Å². The Kier molecular flexibility index (Phi) is 11.7. The molecule has 30 heavy (non-hydrogen) atoms. The van der Waals surface area contributed by atoms with Crippen LogP contribution in [0.3, 0.4) is 0 Å². The minimum Gasteiger partial charge on any atom is -0.529 e. The Hall–Kier alpha value is -4.39. The number of nitrogens with one attached hydrogen (secondary N) is 2. The fourth-order valence-electron chi connectivity index (χ4n) is 2.10. The number of methoxy groups -OCH3 is 2. The molecule has 166 valence electrons. The van der Waals surface area contributed by atoms with Crippen molar-refractivity contribution in [3.63, 3.8) is 0 Å².